The molecule has 0 aliphatic carbocycles. The van der Waals surface area contributed by atoms with E-state index in [1.807, 2.05) is 0 Å². The molecule has 0 aromatic rings. The van der Waals surface area contributed by atoms with Crippen LogP contribution in [0, 0.1) is 0 Å². The van der Waals surface area contributed by atoms with E-state index in [0.717, 1.165) is 0 Å². The summed E-state index contributed by atoms with van der Waals surface area (Å²) >= 11 is 0. The Labute approximate surface area is 97.8 Å². The van der Waals surface area contributed by atoms with E-state index in [2.05, 4.69) is 0 Å². The summed E-state index contributed by atoms with van der Waals surface area (Å²) in [6, 6.07) is 0. The summed E-state index contributed by atoms with van der Waals surface area (Å²) in [5.74, 6) is 0. The van der Waals surface area contributed by atoms with E-state index in [4.69, 9.17) is 9.47 Å². The Balaban J connectivity index is 2.61. The fourth-order valence-electron chi connectivity index (χ4n) is 1.49. The molecule has 1 heterocycles. The van der Waals surface area contributed by atoms with Crippen LogP contribution in [-0.4, -0.2) is 57.0 Å². The zero-order valence-electron chi connectivity index (χ0n) is 10.4. The first-order valence-corrected chi connectivity index (χ1v) is 6.84. The van der Waals surface area contributed by atoms with Crippen LogP contribution in [-0.2, 0) is 19.5 Å². The number of nitrogens with zero attached hydrogens (tertiary/aromatic N) is 1. The van der Waals surface area contributed by atoms with E-state index in [1.54, 1.807) is 27.8 Å². The summed E-state index contributed by atoms with van der Waals surface area (Å²) < 4.78 is 35.3. The molecule has 0 aromatic heterocycles. The van der Waals surface area contributed by atoms with Gasteiger partial charge in [-0.2, -0.15) is 0 Å². The van der Waals surface area contributed by atoms with Crippen LogP contribution >= 0.6 is 0 Å². The van der Waals surface area contributed by atoms with Crippen LogP contribution in [0.1, 0.15) is 20.8 Å². The maximum absolute atomic E-state index is 12.1. The molecule has 16 heavy (non-hydrogen) atoms. The molecule has 0 saturated carbocycles. The maximum atomic E-state index is 12.1. The summed E-state index contributed by atoms with van der Waals surface area (Å²) in [5, 5.41) is 0. The maximum Gasteiger partial charge on any atom is 0.218 e. The minimum Gasteiger partial charge on any atom is -0.376 e. The lowest BCUT2D eigenvalue weighted by Gasteiger charge is -2.31. The van der Waals surface area contributed by atoms with Crippen LogP contribution in [0.2, 0.25) is 0 Å². The fraction of sp³-hybridized carbons (Fsp3) is 1.00. The zero-order valence-corrected chi connectivity index (χ0v) is 11.2. The van der Waals surface area contributed by atoms with Crippen LogP contribution < -0.4 is 0 Å². The van der Waals surface area contributed by atoms with Gasteiger partial charge in [0, 0.05) is 13.6 Å². The van der Waals surface area contributed by atoms with Crippen molar-refractivity contribution in [2.75, 3.05) is 33.4 Å². The summed E-state index contributed by atoms with van der Waals surface area (Å²) in [7, 11) is -1.70. The van der Waals surface area contributed by atoms with E-state index < -0.39 is 14.8 Å². The molecule has 1 saturated heterocycles. The van der Waals surface area contributed by atoms with Gasteiger partial charge < -0.3 is 9.47 Å². The molecule has 1 rings (SSSR count). The van der Waals surface area contributed by atoms with Crippen LogP contribution in [0.15, 0.2) is 0 Å². The van der Waals surface area contributed by atoms with Gasteiger partial charge in [0.05, 0.1) is 30.7 Å². The third kappa shape index (κ3) is 3.16. The molecule has 0 spiro atoms. The number of rotatable bonds is 3. The highest BCUT2D eigenvalue weighted by Gasteiger charge is 2.34. The van der Waals surface area contributed by atoms with Crippen LogP contribution in [0.25, 0.3) is 0 Å². The van der Waals surface area contributed by atoms with Gasteiger partial charge in [-0.1, -0.05) is 0 Å². The molecule has 0 N–H and O–H groups in total. The van der Waals surface area contributed by atoms with Crippen LogP contribution in [0.3, 0.4) is 0 Å². The van der Waals surface area contributed by atoms with Gasteiger partial charge in [0.25, 0.3) is 0 Å². The van der Waals surface area contributed by atoms with E-state index >= 15 is 0 Å². The molecule has 0 amide bonds. The minimum atomic E-state index is -3.28. The molecule has 1 aliphatic rings. The Morgan fingerprint density at radius 1 is 1.31 bits per heavy atom. The summed E-state index contributed by atoms with van der Waals surface area (Å²) in [6.45, 7) is 7.01. The number of hydrogen-bond donors (Lipinski definition) is 0. The molecule has 0 bridgehead atoms. The standard InChI is InChI=1S/C10H21NO4S/c1-10(2,3)16(12,13)11(4)7-9-8-14-5-6-15-9/h9H,5-8H2,1-4H3/t9-/m1/s1. The van der Waals surface area contributed by atoms with Gasteiger partial charge in [-0.05, 0) is 20.8 Å². The first-order chi connectivity index (χ1) is 7.25. The fourth-order valence-corrected chi connectivity index (χ4v) is 2.79. The second-order valence-corrected chi connectivity index (χ2v) is 7.76. The molecule has 0 radical (unpaired) electrons. The van der Waals surface area contributed by atoms with E-state index in [9.17, 15) is 8.42 Å². The molecule has 1 atom stereocenters. The second kappa shape index (κ2) is 5.00. The van der Waals surface area contributed by atoms with E-state index in [1.165, 1.54) is 4.31 Å². The molecule has 0 aromatic carbocycles. The number of sulfonamides is 1. The van der Waals surface area contributed by atoms with Crippen molar-refractivity contribution < 1.29 is 17.9 Å². The van der Waals surface area contributed by atoms with Gasteiger partial charge in [-0.15, -0.1) is 0 Å². The lowest BCUT2D eigenvalue weighted by molar-refractivity contribution is -0.0909. The Morgan fingerprint density at radius 2 is 1.94 bits per heavy atom. The first-order valence-electron chi connectivity index (χ1n) is 5.40. The molecule has 5 nitrogen and oxygen atoms in total. The van der Waals surface area contributed by atoms with Crippen LogP contribution in [0.5, 0.6) is 0 Å². The molecular formula is C10H21NO4S. The van der Waals surface area contributed by atoms with Crippen molar-refractivity contribution in [1.29, 1.82) is 0 Å². The predicted octanol–water partition coefficient (Wildman–Crippen LogP) is 0.462. The van der Waals surface area contributed by atoms with Crippen molar-refractivity contribution in [3.63, 3.8) is 0 Å². The lowest BCUT2D eigenvalue weighted by atomic mass is 10.3. The van der Waals surface area contributed by atoms with Crippen molar-refractivity contribution in [2.45, 2.75) is 31.6 Å². The van der Waals surface area contributed by atoms with Gasteiger partial charge in [0.15, 0.2) is 0 Å². The monoisotopic (exact) mass is 251 g/mol. The summed E-state index contributed by atoms with van der Waals surface area (Å²) in [5.41, 5.74) is 0. The Hall–Kier alpha value is -0.170. The SMILES string of the molecule is CN(C[C@@H]1COCCO1)S(=O)(=O)C(C)(C)C. The van der Waals surface area contributed by atoms with E-state index in [-0.39, 0.29) is 6.10 Å². The Morgan fingerprint density at radius 3 is 2.38 bits per heavy atom. The van der Waals surface area contributed by atoms with Crippen molar-refractivity contribution in [2.24, 2.45) is 0 Å². The summed E-state index contributed by atoms with van der Waals surface area (Å²) in [4.78, 5) is 0. The van der Waals surface area contributed by atoms with Gasteiger partial charge in [0.2, 0.25) is 10.0 Å². The third-order valence-corrected chi connectivity index (χ3v) is 5.05. The van der Waals surface area contributed by atoms with Gasteiger partial charge in [0.1, 0.15) is 0 Å². The highest BCUT2D eigenvalue weighted by molar-refractivity contribution is 7.90. The van der Waals surface area contributed by atoms with Crippen molar-refractivity contribution in [3.05, 3.63) is 0 Å². The molecule has 1 fully saturated rings. The summed E-state index contributed by atoms with van der Waals surface area (Å²) in [6.07, 6.45) is -0.157. The number of ether oxygens (including phenoxy) is 2. The predicted molar refractivity (Wildman–Crippen MR) is 61.9 cm³/mol. The highest BCUT2D eigenvalue weighted by atomic mass is 32.2. The van der Waals surface area contributed by atoms with Crippen molar-refractivity contribution in [3.8, 4) is 0 Å². The average Bonchev–Trinajstić information content (AvgIpc) is 2.17. The van der Waals surface area contributed by atoms with Crippen LogP contribution in [0.4, 0.5) is 0 Å². The molecular weight excluding hydrogens is 230 g/mol. The quantitative estimate of drug-likeness (QED) is 0.731. The molecule has 0 unspecified atom stereocenters. The van der Waals surface area contributed by atoms with Crippen molar-refractivity contribution in [1.82, 2.24) is 4.31 Å². The Bertz CT molecular complexity index is 314. The van der Waals surface area contributed by atoms with Crippen molar-refractivity contribution >= 4 is 10.0 Å². The minimum absolute atomic E-state index is 0.157. The van der Waals surface area contributed by atoms with E-state index in [0.29, 0.717) is 26.4 Å². The second-order valence-electron chi connectivity index (χ2n) is 4.97. The molecule has 96 valence electrons. The van der Waals surface area contributed by atoms with Gasteiger partial charge in [-0.25, -0.2) is 12.7 Å². The first kappa shape index (κ1) is 13.9. The lowest BCUT2D eigenvalue weighted by Crippen LogP contribution is -2.46. The third-order valence-electron chi connectivity index (χ3n) is 2.53. The van der Waals surface area contributed by atoms with Gasteiger partial charge in [-0.3, -0.25) is 0 Å². The van der Waals surface area contributed by atoms with Gasteiger partial charge >= 0.3 is 0 Å². The zero-order chi connectivity index (χ0) is 12.4. The normalized spacial score (nSPS) is 23.7. The average molecular weight is 251 g/mol. The largest absolute Gasteiger partial charge is 0.376 e. The Kier molecular flexibility index (Phi) is 4.34. The number of hydrogen-bond acceptors (Lipinski definition) is 4. The smallest absolute Gasteiger partial charge is 0.218 e. The molecule has 6 heteroatoms. The highest BCUT2D eigenvalue weighted by Crippen LogP contribution is 2.19. The number of likely N-dealkylation sites (N-methyl/N-ethyl adjacent to an activating group) is 1. The molecule has 1 aliphatic heterocycles. The topological polar surface area (TPSA) is 55.8 Å².